The van der Waals surface area contributed by atoms with Crippen molar-refractivity contribution in [1.29, 1.82) is 0 Å². The Bertz CT molecular complexity index is 455. The van der Waals surface area contributed by atoms with Gasteiger partial charge in [-0.3, -0.25) is 4.79 Å². The third kappa shape index (κ3) is 2.64. The number of rotatable bonds is 4. The zero-order valence-corrected chi connectivity index (χ0v) is 12.0. The van der Waals surface area contributed by atoms with Crippen molar-refractivity contribution in [2.75, 3.05) is 13.1 Å². The predicted molar refractivity (Wildman–Crippen MR) is 73.0 cm³/mol. The molecule has 1 unspecified atom stereocenters. The number of ketones is 1. The molecule has 1 aromatic carbocycles. The zero-order valence-electron chi connectivity index (χ0n) is 10.4. The van der Waals surface area contributed by atoms with Crippen LogP contribution >= 0.6 is 15.9 Å². The third-order valence-electron chi connectivity index (χ3n) is 3.88. The van der Waals surface area contributed by atoms with Gasteiger partial charge in [0.1, 0.15) is 11.6 Å². The lowest BCUT2D eigenvalue weighted by Crippen LogP contribution is -2.34. The van der Waals surface area contributed by atoms with E-state index >= 15 is 0 Å². The highest BCUT2D eigenvalue weighted by Gasteiger charge is 2.38. The first kappa shape index (κ1) is 13.7. The van der Waals surface area contributed by atoms with Crippen molar-refractivity contribution in [1.82, 2.24) is 5.32 Å². The molecule has 1 heterocycles. The average molecular weight is 314 g/mol. The monoisotopic (exact) mass is 313 g/mol. The van der Waals surface area contributed by atoms with Gasteiger partial charge in [0.2, 0.25) is 0 Å². The van der Waals surface area contributed by atoms with Gasteiger partial charge in [0.05, 0.1) is 0 Å². The average Bonchev–Trinajstić information content (AvgIpc) is 2.82. The standard InChI is InChI=1S/C14H17BrFNO/c1-2-14(5-6-17-9-14)13(18)7-10-3-4-11(16)8-12(10)15/h3-4,8,17H,2,5-7,9H2,1H3. The predicted octanol–water partition coefficient (Wildman–Crippen LogP) is 3.09. The van der Waals surface area contributed by atoms with Crippen molar-refractivity contribution in [2.45, 2.75) is 26.2 Å². The summed E-state index contributed by atoms with van der Waals surface area (Å²) in [7, 11) is 0. The number of Topliss-reactive ketones (excluding diaryl/α,β-unsaturated/α-hetero) is 1. The molecule has 1 fully saturated rings. The van der Waals surface area contributed by atoms with Gasteiger partial charge in [-0.25, -0.2) is 4.39 Å². The van der Waals surface area contributed by atoms with E-state index in [2.05, 4.69) is 28.2 Å². The Morgan fingerprint density at radius 3 is 2.89 bits per heavy atom. The van der Waals surface area contributed by atoms with E-state index in [0.717, 1.165) is 31.5 Å². The maximum atomic E-state index is 13.0. The van der Waals surface area contributed by atoms with Crippen LogP contribution in [0.4, 0.5) is 4.39 Å². The summed E-state index contributed by atoms with van der Waals surface area (Å²) in [5.41, 5.74) is 0.634. The molecule has 0 saturated carbocycles. The maximum absolute atomic E-state index is 13.0. The SMILES string of the molecule is CCC1(C(=O)Cc2ccc(F)cc2Br)CCNC1. The largest absolute Gasteiger partial charge is 0.316 e. The molecule has 2 nitrogen and oxygen atoms in total. The summed E-state index contributed by atoms with van der Waals surface area (Å²) in [6, 6.07) is 4.50. The second kappa shape index (κ2) is 5.49. The highest BCUT2D eigenvalue weighted by Crippen LogP contribution is 2.32. The van der Waals surface area contributed by atoms with Crippen molar-refractivity contribution < 1.29 is 9.18 Å². The molecule has 18 heavy (non-hydrogen) atoms. The first-order chi connectivity index (χ1) is 8.57. The van der Waals surface area contributed by atoms with Gasteiger partial charge in [0.15, 0.2) is 0 Å². The van der Waals surface area contributed by atoms with Gasteiger partial charge in [-0.1, -0.05) is 28.9 Å². The molecule has 0 aliphatic carbocycles. The fraction of sp³-hybridized carbons (Fsp3) is 0.500. The van der Waals surface area contributed by atoms with Crippen LogP contribution in [0.3, 0.4) is 0 Å². The molecule has 1 aliphatic rings. The van der Waals surface area contributed by atoms with Crippen LogP contribution in [-0.4, -0.2) is 18.9 Å². The van der Waals surface area contributed by atoms with Gasteiger partial charge < -0.3 is 5.32 Å². The smallest absolute Gasteiger partial charge is 0.144 e. The molecule has 0 amide bonds. The molecular weight excluding hydrogens is 297 g/mol. The van der Waals surface area contributed by atoms with Crippen LogP contribution in [0.15, 0.2) is 22.7 Å². The second-order valence-corrected chi connectivity index (χ2v) is 5.75. The molecular formula is C14H17BrFNO. The van der Waals surface area contributed by atoms with E-state index in [1.165, 1.54) is 12.1 Å². The van der Waals surface area contributed by atoms with E-state index in [0.29, 0.717) is 10.9 Å². The van der Waals surface area contributed by atoms with Gasteiger partial charge in [-0.05, 0) is 37.1 Å². The Morgan fingerprint density at radius 1 is 1.56 bits per heavy atom. The normalized spacial score (nSPS) is 23.3. The van der Waals surface area contributed by atoms with Crippen molar-refractivity contribution in [2.24, 2.45) is 5.41 Å². The lowest BCUT2D eigenvalue weighted by molar-refractivity contribution is -0.127. The summed E-state index contributed by atoms with van der Waals surface area (Å²) in [6.07, 6.45) is 2.13. The van der Waals surface area contributed by atoms with E-state index in [9.17, 15) is 9.18 Å². The minimum absolute atomic E-state index is 0.228. The minimum atomic E-state index is -0.286. The van der Waals surface area contributed by atoms with Crippen LogP contribution < -0.4 is 5.32 Å². The van der Waals surface area contributed by atoms with Crippen molar-refractivity contribution in [3.63, 3.8) is 0 Å². The van der Waals surface area contributed by atoms with Crippen LogP contribution in [0.2, 0.25) is 0 Å². The van der Waals surface area contributed by atoms with Crippen molar-refractivity contribution in [3.05, 3.63) is 34.1 Å². The molecule has 1 aromatic rings. The maximum Gasteiger partial charge on any atom is 0.144 e. The molecule has 1 N–H and O–H groups in total. The summed E-state index contributed by atoms with van der Waals surface area (Å²) in [4.78, 5) is 12.5. The van der Waals surface area contributed by atoms with Crippen molar-refractivity contribution in [3.8, 4) is 0 Å². The zero-order chi connectivity index (χ0) is 13.2. The van der Waals surface area contributed by atoms with Crippen LogP contribution in [0, 0.1) is 11.2 Å². The lowest BCUT2D eigenvalue weighted by atomic mass is 9.78. The number of carbonyl (C=O) groups is 1. The summed E-state index contributed by atoms with van der Waals surface area (Å²) < 4.78 is 13.7. The summed E-state index contributed by atoms with van der Waals surface area (Å²) in [6.45, 7) is 3.73. The van der Waals surface area contributed by atoms with E-state index in [4.69, 9.17) is 0 Å². The van der Waals surface area contributed by atoms with Crippen LogP contribution in [0.5, 0.6) is 0 Å². The first-order valence-corrected chi connectivity index (χ1v) is 7.05. The molecule has 1 aliphatic heterocycles. The number of carbonyl (C=O) groups excluding carboxylic acids is 1. The van der Waals surface area contributed by atoms with E-state index in [-0.39, 0.29) is 17.0 Å². The number of hydrogen-bond acceptors (Lipinski definition) is 2. The van der Waals surface area contributed by atoms with Gasteiger partial charge in [-0.15, -0.1) is 0 Å². The quantitative estimate of drug-likeness (QED) is 0.925. The Kier molecular flexibility index (Phi) is 4.17. The van der Waals surface area contributed by atoms with Gasteiger partial charge in [-0.2, -0.15) is 0 Å². The van der Waals surface area contributed by atoms with Crippen LogP contribution in [-0.2, 0) is 11.2 Å². The fourth-order valence-electron chi connectivity index (χ4n) is 2.51. The summed E-state index contributed by atoms with van der Waals surface area (Å²) >= 11 is 3.32. The first-order valence-electron chi connectivity index (χ1n) is 6.25. The lowest BCUT2D eigenvalue weighted by Gasteiger charge is -2.25. The Morgan fingerprint density at radius 2 is 2.33 bits per heavy atom. The molecule has 4 heteroatoms. The minimum Gasteiger partial charge on any atom is -0.316 e. The van der Waals surface area contributed by atoms with Crippen LogP contribution in [0.1, 0.15) is 25.3 Å². The van der Waals surface area contributed by atoms with E-state index in [1.807, 2.05) is 0 Å². The molecule has 0 radical (unpaired) electrons. The number of nitrogens with one attached hydrogen (secondary N) is 1. The molecule has 0 spiro atoms. The Hall–Kier alpha value is -0.740. The van der Waals surface area contributed by atoms with Crippen molar-refractivity contribution >= 4 is 21.7 Å². The van der Waals surface area contributed by atoms with E-state index in [1.54, 1.807) is 6.07 Å². The van der Waals surface area contributed by atoms with Gasteiger partial charge in [0, 0.05) is 22.9 Å². The molecule has 0 bridgehead atoms. The summed E-state index contributed by atoms with van der Waals surface area (Å²) in [5.74, 6) is -0.0341. The molecule has 2 rings (SSSR count). The van der Waals surface area contributed by atoms with Crippen LogP contribution in [0.25, 0.3) is 0 Å². The Labute approximate surface area is 115 Å². The fourth-order valence-corrected chi connectivity index (χ4v) is 3.00. The molecule has 0 aromatic heterocycles. The highest BCUT2D eigenvalue weighted by atomic mass is 79.9. The summed E-state index contributed by atoms with van der Waals surface area (Å²) in [5, 5.41) is 3.26. The highest BCUT2D eigenvalue weighted by molar-refractivity contribution is 9.10. The topological polar surface area (TPSA) is 29.1 Å². The van der Waals surface area contributed by atoms with Gasteiger partial charge in [0.25, 0.3) is 0 Å². The van der Waals surface area contributed by atoms with Gasteiger partial charge >= 0.3 is 0 Å². The Balaban J connectivity index is 2.15. The second-order valence-electron chi connectivity index (χ2n) is 4.90. The molecule has 1 saturated heterocycles. The molecule has 98 valence electrons. The number of hydrogen-bond donors (Lipinski definition) is 1. The van der Waals surface area contributed by atoms with E-state index < -0.39 is 0 Å². The third-order valence-corrected chi connectivity index (χ3v) is 4.62. The number of halogens is 2. The number of benzene rings is 1. The molecule has 1 atom stereocenters.